The summed E-state index contributed by atoms with van der Waals surface area (Å²) >= 11 is 0. The Balaban J connectivity index is 0.699. The number of nitrogens with zero attached hydrogens (tertiary/aromatic N) is 14. The zero-order valence-corrected chi connectivity index (χ0v) is 75.9. The van der Waals surface area contributed by atoms with Gasteiger partial charge in [-0.15, -0.1) is 20.4 Å². The van der Waals surface area contributed by atoms with Crippen LogP contribution in [0.2, 0.25) is 0 Å². The smallest absolute Gasteiger partial charge is 0.326 e. The standard InChI is InChI=1S/C96H124N22O13/c1-60(2)86(103-88(119)62(5)97-7)93(124)115-58-77-51-76(115)53-99-81(49-66-29-35-68-21-15-17-23-70(68)45-66)90(121)101-83(95(126)127)47-64-31-37-79(38-32-64)130-43-19-41-114-55-73(106-110-114)26-12-10-14-28-75-57-118(112-108-75)78-52-85(116(59-78)94(125)87(61(3)4)104-89(120)63(6)98-8)92(123)100-82(50-67-30-36-69-22-16-18-24-71(69)46-67)91(122)102-84(96(128)129)48-65-33-39-80(40-34-65)131-44-20-42-113-54-72(105-109-113)25-11-9-13-27-74-56-117(77)111-107-74/h15-18,21-24,29-40,45-46,54-57,60-63,76-78,81-87,97-99H,9-14,19-20,25-28,41-44,47-53,58-59H2,1-8H3,(H,100,123)(H,101,121)(H,102,122)(H,103,119)(H,104,120)(H,126,127)(H,128,129)/t62-,63-,76-,77-,78-,81-,82-,83-,84-,85-,86-,87-/m0/s1. The van der Waals surface area contributed by atoms with Gasteiger partial charge in [0.25, 0.3) is 0 Å². The van der Waals surface area contributed by atoms with Crippen LogP contribution in [-0.2, 0) is 108 Å². The zero-order valence-electron chi connectivity index (χ0n) is 75.9. The average Bonchev–Trinajstić information content (AvgIpc) is 1.65. The number of hydrogen-bond acceptors (Lipinski definition) is 22. The quantitative estimate of drug-likeness (QED) is 0.0472. The Hall–Kier alpha value is -12.9. The normalized spacial score (nSPS) is 21.3. The number of benzene rings is 6. The molecule has 16 bridgehead atoms. The number of carboxylic acid groups (broad SMARTS) is 2. The van der Waals surface area contributed by atoms with E-state index in [-0.39, 0.29) is 75.5 Å². The molecular formula is C96H124N22O13. The largest absolute Gasteiger partial charge is 0.494 e. The van der Waals surface area contributed by atoms with E-state index in [4.69, 9.17) is 9.47 Å². The number of ether oxygens (including phenoxy) is 2. The van der Waals surface area contributed by atoms with Gasteiger partial charge in [-0.3, -0.25) is 42.9 Å². The van der Waals surface area contributed by atoms with Gasteiger partial charge in [-0.05, 0) is 172 Å². The van der Waals surface area contributed by atoms with E-state index in [0.29, 0.717) is 105 Å². The minimum atomic E-state index is -1.43. The van der Waals surface area contributed by atoms with Gasteiger partial charge in [0.15, 0.2) is 0 Å². The molecule has 0 unspecified atom stereocenters. The number of carbonyl (C=O) groups excluding carboxylic acids is 7. The molecule has 2 fully saturated rings. The van der Waals surface area contributed by atoms with Gasteiger partial charge in [0.05, 0.1) is 66.2 Å². The molecule has 0 radical (unpaired) electrons. The maximum Gasteiger partial charge on any atom is 0.326 e. The number of likely N-dealkylation sites (tertiary alicyclic amines) is 2. The molecule has 6 aliphatic rings. The van der Waals surface area contributed by atoms with Crippen molar-refractivity contribution in [1.82, 2.24) is 112 Å². The Morgan fingerprint density at radius 2 is 0.863 bits per heavy atom. The van der Waals surface area contributed by atoms with Gasteiger partial charge in [-0.2, -0.15) is 0 Å². The van der Waals surface area contributed by atoms with E-state index in [9.17, 15) is 39.0 Å². The van der Waals surface area contributed by atoms with Crippen LogP contribution in [0.4, 0.5) is 0 Å². The second-order valence-electron chi connectivity index (χ2n) is 35.6. The monoisotopic (exact) mass is 1790 g/mol. The lowest BCUT2D eigenvalue weighted by Gasteiger charge is -2.32. The molecule has 12 atom stereocenters. The number of amides is 7. The Morgan fingerprint density at radius 1 is 0.450 bits per heavy atom. The number of aryl methyl sites for hydroxylation is 6. The molecule has 35 nitrogen and oxygen atoms in total. The van der Waals surface area contributed by atoms with Crippen molar-refractivity contribution in [1.29, 1.82) is 0 Å². The fraction of sp³-hybridized carbons (Fsp3) is 0.490. The minimum Gasteiger partial charge on any atom is -0.494 e. The summed E-state index contributed by atoms with van der Waals surface area (Å²) in [6, 6.07) is 30.7. The first-order chi connectivity index (χ1) is 63.3. The van der Waals surface area contributed by atoms with Crippen LogP contribution < -0.4 is 52.0 Å². The predicted molar refractivity (Wildman–Crippen MR) is 490 cm³/mol. The second-order valence-corrected chi connectivity index (χ2v) is 35.6. The molecule has 10 N–H and O–H groups in total. The van der Waals surface area contributed by atoms with E-state index in [1.807, 2.05) is 137 Å². The highest BCUT2D eigenvalue weighted by molar-refractivity contribution is 5.97. The van der Waals surface area contributed by atoms with E-state index in [0.717, 1.165) is 82.7 Å². The van der Waals surface area contributed by atoms with Gasteiger partial charge in [-0.25, -0.2) is 19.0 Å². The summed E-state index contributed by atoms with van der Waals surface area (Å²) < 4.78 is 19.3. The topological polar surface area (TPSA) is 438 Å². The van der Waals surface area contributed by atoms with Gasteiger partial charge in [0, 0.05) is 102 Å². The predicted octanol–water partition coefficient (Wildman–Crippen LogP) is 6.86. The van der Waals surface area contributed by atoms with Crippen LogP contribution in [0.1, 0.15) is 163 Å². The molecule has 6 aromatic carbocycles. The summed E-state index contributed by atoms with van der Waals surface area (Å²) in [6.07, 6.45) is 16.9. The lowest BCUT2D eigenvalue weighted by molar-refractivity contribution is -0.144. The molecule has 10 aromatic rings. The average molecular weight is 1790 g/mol. The number of nitrogens with one attached hydrogen (secondary N) is 8. The third-order valence-electron chi connectivity index (χ3n) is 25.0. The molecule has 7 amide bonds. The Bertz CT molecular complexity index is 5520. The highest BCUT2D eigenvalue weighted by Gasteiger charge is 2.46. The molecule has 16 rings (SSSR count). The lowest BCUT2D eigenvalue weighted by atomic mass is 9.99. The van der Waals surface area contributed by atoms with Crippen LogP contribution in [0.3, 0.4) is 0 Å². The molecule has 696 valence electrons. The number of rotatable bonds is 16. The first-order valence-electron chi connectivity index (χ1n) is 45.9. The number of carbonyl (C=O) groups is 9. The fourth-order valence-electron chi connectivity index (χ4n) is 17.1. The first-order valence-corrected chi connectivity index (χ1v) is 45.9. The molecule has 10 heterocycles. The SMILES string of the molecule is CN[C@@H](C)C(=O)N[C@H](C(=O)N1C[C@@H]2C[C@H]1CN[C@@H](Cc1ccc3ccccc3c1)C(=O)N[C@H](C(=O)O)Cc1ccc(cc1)OCCCn1cc(nn1)CCCCCc1cn(nn1)[C@H]1C[C@@H](C(=O)N[C@@H](Cc3ccc4ccccc4c3)C(=O)N[C@H](C(=O)O)Cc3ccc(cc3)OCCCn3cc(nn3)CCCCCc3cn2nn3)N(C(=O)[C@@H](NC(=O)[C@H](C)NC)C(C)C)C1)C(C)C. The van der Waals surface area contributed by atoms with E-state index < -0.39 is 114 Å². The Labute approximate surface area is 762 Å². The minimum absolute atomic E-state index is 0.0177. The van der Waals surface area contributed by atoms with E-state index >= 15 is 14.4 Å². The molecule has 2 saturated heterocycles. The van der Waals surface area contributed by atoms with Gasteiger partial charge in [0.2, 0.25) is 41.4 Å². The van der Waals surface area contributed by atoms with Crippen LogP contribution in [0.5, 0.6) is 11.5 Å². The number of carboxylic acids is 2. The van der Waals surface area contributed by atoms with E-state index in [1.165, 1.54) is 4.90 Å². The van der Waals surface area contributed by atoms with Crippen LogP contribution in [0.15, 0.2) is 158 Å². The fourth-order valence-corrected chi connectivity index (χ4v) is 17.1. The van der Waals surface area contributed by atoms with Crippen molar-refractivity contribution >= 4 is 74.8 Å². The van der Waals surface area contributed by atoms with E-state index in [1.54, 1.807) is 100 Å². The van der Waals surface area contributed by atoms with Gasteiger partial charge in [-0.1, -0.05) is 171 Å². The van der Waals surface area contributed by atoms with Crippen LogP contribution in [-0.4, -0.2) is 241 Å². The van der Waals surface area contributed by atoms with Crippen molar-refractivity contribution in [2.45, 2.75) is 243 Å². The third-order valence-corrected chi connectivity index (χ3v) is 25.0. The Kier molecular flexibility index (Phi) is 33.7. The van der Waals surface area contributed by atoms with Crippen molar-refractivity contribution < 1.29 is 62.8 Å². The van der Waals surface area contributed by atoms with Gasteiger partial charge >= 0.3 is 11.9 Å². The van der Waals surface area contributed by atoms with E-state index in [2.05, 4.69) is 83.8 Å². The molecular weight excluding hydrogens is 1670 g/mol. The number of aromatic nitrogens is 12. The zero-order chi connectivity index (χ0) is 92.6. The van der Waals surface area contributed by atoms with Crippen molar-refractivity contribution in [3.8, 4) is 11.5 Å². The summed E-state index contributed by atoms with van der Waals surface area (Å²) in [5.41, 5.74) is 5.97. The van der Waals surface area contributed by atoms with Crippen LogP contribution in [0.25, 0.3) is 21.5 Å². The van der Waals surface area contributed by atoms with Crippen LogP contribution >= 0.6 is 0 Å². The maximum atomic E-state index is 15.2. The molecule has 131 heavy (non-hydrogen) atoms. The first kappa shape index (κ1) is 95.7. The summed E-state index contributed by atoms with van der Waals surface area (Å²) in [5, 5.41) is 85.1. The number of fused-ring (bicyclic) bond motifs is 2. The summed E-state index contributed by atoms with van der Waals surface area (Å²) in [4.78, 5) is 132. The highest BCUT2D eigenvalue weighted by atomic mass is 16.5. The molecule has 4 aromatic heterocycles. The summed E-state index contributed by atoms with van der Waals surface area (Å²) in [5.74, 6) is -5.53. The third kappa shape index (κ3) is 26.5. The van der Waals surface area contributed by atoms with Crippen molar-refractivity contribution in [3.63, 3.8) is 0 Å². The molecule has 6 aliphatic heterocycles. The molecule has 0 spiro atoms. The number of aliphatic carboxylic acids is 2. The van der Waals surface area contributed by atoms with Crippen molar-refractivity contribution in [2.75, 3.05) is 46.9 Å². The lowest BCUT2D eigenvalue weighted by Crippen LogP contribution is -2.59. The Morgan fingerprint density at radius 3 is 1.31 bits per heavy atom. The molecule has 0 aliphatic carbocycles. The van der Waals surface area contributed by atoms with Gasteiger partial charge < -0.3 is 72.0 Å². The summed E-state index contributed by atoms with van der Waals surface area (Å²) in [7, 11) is 3.32. The maximum absolute atomic E-state index is 15.2. The summed E-state index contributed by atoms with van der Waals surface area (Å²) in [6.45, 7) is 13.0. The number of likely N-dealkylation sites (N-methyl/N-ethyl adjacent to an activating group) is 2. The molecule has 35 heteroatoms. The second kappa shape index (κ2) is 46.1. The molecule has 0 saturated carbocycles. The van der Waals surface area contributed by atoms with Crippen LogP contribution in [0, 0.1) is 11.8 Å². The van der Waals surface area contributed by atoms with Crippen molar-refractivity contribution in [3.05, 3.63) is 203 Å². The number of hydrogen-bond donors (Lipinski definition) is 10. The van der Waals surface area contributed by atoms with Crippen molar-refractivity contribution in [2.24, 2.45) is 11.8 Å². The highest BCUT2D eigenvalue weighted by Crippen LogP contribution is 2.33. The van der Waals surface area contributed by atoms with Gasteiger partial charge in [0.1, 0.15) is 47.8 Å².